The Bertz CT molecular complexity index is 762. The Morgan fingerprint density at radius 1 is 1.04 bits per heavy atom. The van der Waals surface area contributed by atoms with Gasteiger partial charge in [-0.15, -0.1) is 12.4 Å². The summed E-state index contributed by atoms with van der Waals surface area (Å²) < 4.78 is 0. The van der Waals surface area contributed by atoms with Gasteiger partial charge in [-0.1, -0.05) is 55.5 Å². The molecule has 3 rings (SSSR count). The molecule has 0 spiro atoms. The van der Waals surface area contributed by atoms with Crippen molar-refractivity contribution in [2.75, 3.05) is 13.1 Å². The summed E-state index contributed by atoms with van der Waals surface area (Å²) >= 11 is 0. The number of aromatic nitrogens is 1. The number of aliphatic hydroxyl groups is 1. The highest BCUT2D eigenvalue weighted by atomic mass is 35.5. The molecular formula is C19H21ClN2O. The first-order valence-corrected chi connectivity index (χ1v) is 7.63. The Labute approximate surface area is 142 Å². The summed E-state index contributed by atoms with van der Waals surface area (Å²) in [7, 11) is 0. The summed E-state index contributed by atoms with van der Waals surface area (Å²) in [5, 5.41) is 14.7. The number of benzene rings is 2. The molecule has 2 aromatic carbocycles. The normalized spacial score (nSPS) is 11.9. The molecule has 0 bridgehead atoms. The van der Waals surface area contributed by atoms with E-state index in [4.69, 9.17) is 4.98 Å². The molecule has 3 nitrogen and oxygen atoms in total. The largest absolute Gasteiger partial charge is 0.387 e. The van der Waals surface area contributed by atoms with Gasteiger partial charge in [-0.2, -0.15) is 0 Å². The van der Waals surface area contributed by atoms with Gasteiger partial charge in [-0.3, -0.25) is 0 Å². The third kappa shape index (κ3) is 3.88. The highest BCUT2D eigenvalue weighted by Gasteiger charge is 2.14. The predicted molar refractivity (Wildman–Crippen MR) is 97.9 cm³/mol. The summed E-state index contributed by atoms with van der Waals surface area (Å²) in [4.78, 5) is 4.74. The van der Waals surface area contributed by atoms with Crippen LogP contribution in [0.5, 0.6) is 0 Å². The zero-order valence-corrected chi connectivity index (χ0v) is 13.9. The number of fused-ring (bicyclic) bond motifs is 1. The van der Waals surface area contributed by atoms with Crippen LogP contribution in [0.15, 0.2) is 60.7 Å². The number of hydrogen-bond acceptors (Lipinski definition) is 3. The van der Waals surface area contributed by atoms with E-state index < -0.39 is 6.10 Å². The molecule has 1 aromatic heterocycles. The van der Waals surface area contributed by atoms with E-state index in [1.54, 1.807) is 0 Å². The fraction of sp³-hybridized carbons (Fsp3) is 0.211. The molecule has 0 aliphatic heterocycles. The third-order valence-electron chi connectivity index (χ3n) is 3.76. The molecule has 0 fully saturated rings. The third-order valence-corrected chi connectivity index (χ3v) is 3.76. The minimum Gasteiger partial charge on any atom is -0.387 e. The molecule has 3 aromatic rings. The highest BCUT2D eigenvalue weighted by Crippen LogP contribution is 2.28. The summed E-state index contributed by atoms with van der Waals surface area (Å²) in [6.07, 6.45) is -0.546. The molecular weight excluding hydrogens is 308 g/mol. The van der Waals surface area contributed by atoms with Gasteiger partial charge in [-0.25, -0.2) is 4.98 Å². The van der Waals surface area contributed by atoms with Gasteiger partial charge in [-0.05, 0) is 24.2 Å². The maximum atomic E-state index is 10.5. The van der Waals surface area contributed by atoms with E-state index in [1.807, 2.05) is 67.6 Å². The van der Waals surface area contributed by atoms with Crippen molar-refractivity contribution in [2.45, 2.75) is 13.0 Å². The van der Waals surface area contributed by atoms with Crippen LogP contribution in [-0.2, 0) is 0 Å². The fourth-order valence-corrected chi connectivity index (χ4v) is 2.63. The number of halogens is 1. The van der Waals surface area contributed by atoms with E-state index >= 15 is 0 Å². The van der Waals surface area contributed by atoms with E-state index in [1.165, 1.54) is 0 Å². The molecule has 1 atom stereocenters. The second-order valence-electron chi connectivity index (χ2n) is 5.30. The lowest BCUT2D eigenvalue weighted by Crippen LogP contribution is -2.21. The van der Waals surface area contributed by atoms with Gasteiger partial charge in [0.25, 0.3) is 0 Å². The SMILES string of the molecule is CCNCC(O)c1cc(-c2ccccc2)nc2ccccc12.Cl. The van der Waals surface area contributed by atoms with Crippen LogP contribution in [0.1, 0.15) is 18.6 Å². The van der Waals surface area contributed by atoms with E-state index in [-0.39, 0.29) is 12.4 Å². The second kappa shape index (κ2) is 8.06. The lowest BCUT2D eigenvalue weighted by molar-refractivity contribution is 0.177. The summed E-state index contributed by atoms with van der Waals surface area (Å²) in [5.41, 5.74) is 3.79. The van der Waals surface area contributed by atoms with Gasteiger partial charge in [0.05, 0.1) is 17.3 Å². The summed E-state index contributed by atoms with van der Waals surface area (Å²) in [6, 6.07) is 20.0. The Morgan fingerprint density at radius 3 is 2.48 bits per heavy atom. The number of para-hydroxylation sites is 1. The summed E-state index contributed by atoms with van der Waals surface area (Å²) in [5.74, 6) is 0. The number of nitrogens with zero attached hydrogens (tertiary/aromatic N) is 1. The van der Waals surface area contributed by atoms with Crippen molar-refractivity contribution in [2.24, 2.45) is 0 Å². The molecule has 0 saturated carbocycles. The lowest BCUT2D eigenvalue weighted by Gasteiger charge is -2.15. The highest BCUT2D eigenvalue weighted by molar-refractivity contribution is 5.86. The number of hydrogen-bond donors (Lipinski definition) is 2. The first-order valence-electron chi connectivity index (χ1n) is 7.63. The van der Waals surface area contributed by atoms with Crippen molar-refractivity contribution in [1.82, 2.24) is 10.3 Å². The van der Waals surface area contributed by atoms with Crippen molar-refractivity contribution in [3.63, 3.8) is 0 Å². The van der Waals surface area contributed by atoms with Crippen molar-refractivity contribution in [1.29, 1.82) is 0 Å². The van der Waals surface area contributed by atoms with Crippen LogP contribution in [0, 0.1) is 0 Å². The van der Waals surface area contributed by atoms with Crippen LogP contribution >= 0.6 is 12.4 Å². The molecule has 120 valence electrons. The molecule has 1 heterocycles. The number of rotatable bonds is 5. The van der Waals surface area contributed by atoms with Crippen molar-refractivity contribution < 1.29 is 5.11 Å². The molecule has 23 heavy (non-hydrogen) atoms. The van der Waals surface area contributed by atoms with E-state index in [0.29, 0.717) is 6.54 Å². The Balaban J connectivity index is 0.00000192. The van der Waals surface area contributed by atoms with Crippen LogP contribution in [0.3, 0.4) is 0 Å². The first kappa shape index (κ1) is 17.4. The van der Waals surface area contributed by atoms with Crippen LogP contribution in [0.2, 0.25) is 0 Å². The predicted octanol–water partition coefficient (Wildman–Crippen LogP) is 3.97. The summed E-state index contributed by atoms with van der Waals surface area (Å²) in [6.45, 7) is 3.41. The van der Waals surface area contributed by atoms with Crippen LogP contribution in [-0.4, -0.2) is 23.2 Å². The van der Waals surface area contributed by atoms with E-state index in [9.17, 15) is 5.11 Å². The number of nitrogens with one attached hydrogen (secondary N) is 1. The van der Waals surface area contributed by atoms with Crippen LogP contribution in [0.4, 0.5) is 0 Å². The smallest absolute Gasteiger partial charge is 0.0921 e. The van der Waals surface area contributed by atoms with Gasteiger partial charge < -0.3 is 10.4 Å². The molecule has 0 aliphatic rings. The Kier molecular flexibility index (Phi) is 6.11. The maximum Gasteiger partial charge on any atom is 0.0921 e. The van der Waals surface area contributed by atoms with Crippen molar-refractivity contribution in [3.05, 3.63) is 66.2 Å². The van der Waals surface area contributed by atoms with E-state index in [0.717, 1.165) is 34.3 Å². The van der Waals surface area contributed by atoms with Crippen LogP contribution < -0.4 is 5.32 Å². The lowest BCUT2D eigenvalue weighted by atomic mass is 10.00. The topological polar surface area (TPSA) is 45.1 Å². The van der Waals surface area contributed by atoms with Crippen molar-refractivity contribution in [3.8, 4) is 11.3 Å². The fourth-order valence-electron chi connectivity index (χ4n) is 2.63. The zero-order valence-electron chi connectivity index (χ0n) is 13.1. The van der Waals surface area contributed by atoms with Gasteiger partial charge in [0.1, 0.15) is 0 Å². The quantitative estimate of drug-likeness (QED) is 0.745. The maximum absolute atomic E-state index is 10.5. The number of likely N-dealkylation sites (N-methyl/N-ethyl adjacent to an activating group) is 1. The van der Waals surface area contributed by atoms with Crippen molar-refractivity contribution >= 4 is 23.3 Å². The Morgan fingerprint density at radius 2 is 1.74 bits per heavy atom. The van der Waals surface area contributed by atoms with Gasteiger partial charge in [0.2, 0.25) is 0 Å². The zero-order chi connectivity index (χ0) is 15.4. The second-order valence-corrected chi connectivity index (χ2v) is 5.30. The van der Waals surface area contributed by atoms with Crippen LogP contribution in [0.25, 0.3) is 22.2 Å². The molecule has 2 N–H and O–H groups in total. The first-order chi connectivity index (χ1) is 10.8. The van der Waals surface area contributed by atoms with Gasteiger partial charge in [0.15, 0.2) is 0 Å². The molecule has 1 unspecified atom stereocenters. The molecule has 0 amide bonds. The Hall–Kier alpha value is -1.94. The number of aliphatic hydroxyl groups excluding tert-OH is 1. The minimum atomic E-state index is -0.546. The molecule has 0 saturated heterocycles. The number of pyridine rings is 1. The average molecular weight is 329 g/mol. The monoisotopic (exact) mass is 328 g/mol. The standard InChI is InChI=1S/C19H20N2O.ClH/c1-2-20-13-19(22)16-12-18(14-8-4-3-5-9-14)21-17-11-7-6-10-15(16)17;/h3-12,19-20,22H,2,13H2,1H3;1H. The molecule has 0 aliphatic carbocycles. The van der Waals surface area contributed by atoms with E-state index in [2.05, 4.69) is 5.32 Å². The minimum absolute atomic E-state index is 0. The van der Waals surface area contributed by atoms with Gasteiger partial charge >= 0.3 is 0 Å². The average Bonchev–Trinajstić information content (AvgIpc) is 2.59. The van der Waals surface area contributed by atoms with Gasteiger partial charge in [0, 0.05) is 17.5 Å². The molecule has 0 radical (unpaired) electrons. The molecule has 4 heteroatoms.